The molecule has 0 amide bonds. The minimum absolute atomic E-state index is 0.0140. The standard InChI is InChI=1S/C21H28N2/c1-20(2,3)15-10-12-8-7-9-13-17(12)14(19(15)23)11-16(18(13)22)21(4,5)6/h7-11,18H,22-23H2,1-6H3. The highest BCUT2D eigenvalue weighted by Gasteiger charge is 2.31. The second kappa shape index (κ2) is 4.85. The van der Waals surface area contributed by atoms with Gasteiger partial charge in [0.2, 0.25) is 0 Å². The van der Waals surface area contributed by atoms with Crippen LogP contribution >= 0.6 is 0 Å². The molecule has 2 aromatic carbocycles. The van der Waals surface area contributed by atoms with Crippen molar-refractivity contribution in [3.05, 3.63) is 46.5 Å². The second-order valence-electron chi connectivity index (χ2n) is 8.77. The van der Waals surface area contributed by atoms with Gasteiger partial charge in [-0.3, -0.25) is 0 Å². The summed E-state index contributed by atoms with van der Waals surface area (Å²) in [5.41, 5.74) is 18.9. The van der Waals surface area contributed by atoms with Gasteiger partial charge in [0.1, 0.15) is 0 Å². The summed E-state index contributed by atoms with van der Waals surface area (Å²) in [4.78, 5) is 0. The van der Waals surface area contributed by atoms with E-state index in [9.17, 15) is 0 Å². The van der Waals surface area contributed by atoms with E-state index in [1.807, 2.05) is 0 Å². The Morgan fingerprint density at radius 1 is 0.957 bits per heavy atom. The van der Waals surface area contributed by atoms with E-state index in [0.29, 0.717) is 0 Å². The van der Waals surface area contributed by atoms with Gasteiger partial charge in [-0.1, -0.05) is 65.8 Å². The average molecular weight is 308 g/mol. The Bertz CT molecular complexity index is 814. The molecule has 2 nitrogen and oxygen atoms in total. The van der Waals surface area contributed by atoms with Crippen molar-refractivity contribution in [2.75, 3.05) is 5.73 Å². The van der Waals surface area contributed by atoms with Crippen molar-refractivity contribution in [1.29, 1.82) is 0 Å². The van der Waals surface area contributed by atoms with Crippen LogP contribution in [0.3, 0.4) is 0 Å². The van der Waals surface area contributed by atoms with Crippen LogP contribution < -0.4 is 11.5 Å². The third kappa shape index (κ3) is 2.46. The Labute approximate surface area is 139 Å². The lowest BCUT2D eigenvalue weighted by atomic mass is 9.73. The van der Waals surface area contributed by atoms with E-state index >= 15 is 0 Å². The summed E-state index contributed by atoms with van der Waals surface area (Å²) in [6.45, 7) is 13.3. The normalized spacial score (nSPS) is 18.2. The van der Waals surface area contributed by atoms with E-state index in [-0.39, 0.29) is 16.9 Å². The number of rotatable bonds is 0. The van der Waals surface area contributed by atoms with E-state index in [2.05, 4.69) is 71.9 Å². The van der Waals surface area contributed by atoms with Crippen LogP contribution in [0.1, 0.15) is 64.3 Å². The number of benzene rings is 2. The third-order valence-electron chi connectivity index (χ3n) is 4.92. The SMILES string of the molecule is CC(C)(C)C1=Cc2c(N)c(C(C)(C)C)cc3cccc(c23)C1N. The van der Waals surface area contributed by atoms with E-state index in [0.717, 1.165) is 11.3 Å². The molecule has 0 saturated carbocycles. The first-order valence-corrected chi connectivity index (χ1v) is 8.35. The topological polar surface area (TPSA) is 52.0 Å². The van der Waals surface area contributed by atoms with Crippen LogP contribution in [-0.4, -0.2) is 0 Å². The maximum absolute atomic E-state index is 6.61. The smallest absolute Gasteiger partial charge is 0.0525 e. The second-order valence-corrected chi connectivity index (χ2v) is 8.77. The molecule has 0 aromatic heterocycles. The molecule has 3 rings (SSSR count). The zero-order chi connectivity index (χ0) is 17.2. The molecule has 0 saturated heterocycles. The molecule has 2 heteroatoms. The summed E-state index contributed by atoms with van der Waals surface area (Å²) in [7, 11) is 0. The Kier molecular flexibility index (Phi) is 3.39. The van der Waals surface area contributed by atoms with Gasteiger partial charge in [-0.25, -0.2) is 0 Å². The molecule has 0 radical (unpaired) electrons. The number of anilines is 1. The van der Waals surface area contributed by atoms with Crippen LogP contribution in [0.4, 0.5) is 5.69 Å². The monoisotopic (exact) mass is 308 g/mol. The minimum atomic E-state index is -0.0638. The predicted octanol–water partition coefficient (Wildman–Crippen LogP) is 5.16. The van der Waals surface area contributed by atoms with E-state index in [4.69, 9.17) is 11.5 Å². The molecule has 2 aromatic rings. The van der Waals surface area contributed by atoms with Crippen LogP contribution in [0.15, 0.2) is 29.8 Å². The maximum atomic E-state index is 6.61. The van der Waals surface area contributed by atoms with Crippen LogP contribution in [0.5, 0.6) is 0 Å². The Hall–Kier alpha value is -1.80. The zero-order valence-corrected chi connectivity index (χ0v) is 15.1. The van der Waals surface area contributed by atoms with Gasteiger partial charge in [0.15, 0.2) is 0 Å². The van der Waals surface area contributed by atoms with E-state index in [1.54, 1.807) is 0 Å². The van der Waals surface area contributed by atoms with Crippen molar-refractivity contribution in [1.82, 2.24) is 0 Å². The Morgan fingerprint density at radius 2 is 1.61 bits per heavy atom. The molecular formula is C21H28N2. The number of hydrogen-bond donors (Lipinski definition) is 2. The quantitative estimate of drug-likeness (QED) is 0.660. The lowest BCUT2D eigenvalue weighted by Crippen LogP contribution is -2.26. The number of nitrogen functional groups attached to an aromatic ring is 1. The predicted molar refractivity (Wildman–Crippen MR) is 101 cm³/mol. The molecule has 122 valence electrons. The highest BCUT2D eigenvalue weighted by Crippen LogP contribution is 2.46. The van der Waals surface area contributed by atoms with E-state index < -0.39 is 0 Å². The fraction of sp³-hybridized carbons (Fsp3) is 0.429. The molecule has 23 heavy (non-hydrogen) atoms. The molecule has 1 unspecified atom stereocenters. The molecule has 0 aliphatic heterocycles. The Morgan fingerprint density at radius 3 is 2.17 bits per heavy atom. The van der Waals surface area contributed by atoms with Gasteiger partial charge in [0.05, 0.1) is 6.04 Å². The first-order chi connectivity index (χ1) is 10.5. The maximum Gasteiger partial charge on any atom is 0.0525 e. The summed E-state index contributed by atoms with van der Waals surface area (Å²) < 4.78 is 0. The van der Waals surface area contributed by atoms with Crippen molar-refractivity contribution in [2.24, 2.45) is 11.1 Å². The van der Waals surface area contributed by atoms with Gasteiger partial charge < -0.3 is 11.5 Å². The summed E-state index contributed by atoms with van der Waals surface area (Å²) in [6.07, 6.45) is 2.24. The molecule has 0 spiro atoms. The molecule has 0 bridgehead atoms. The van der Waals surface area contributed by atoms with Crippen molar-refractivity contribution < 1.29 is 0 Å². The average Bonchev–Trinajstić information content (AvgIpc) is 2.42. The summed E-state index contributed by atoms with van der Waals surface area (Å²) in [6, 6.07) is 8.59. The lowest BCUT2D eigenvalue weighted by Gasteiger charge is -2.34. The number of hydrogen-bond acceptors (Lipinski definition) is 2. The molecule has 4 N–H and O–H groups in total. The van der Waals surface area contributed by atoms with Crippen molar-refractivity contribution in [2.45, 2.75) is 53.0 Å². The van der Waals surface area contributed by atoms with Gasteiger partial charge >= 0.3 is 0 Å². The van der Waals surface area contributed by atoms with Crippen molar-refractivity contribution in [3.63, 3.8) is 0 Å². The van der Waals surface area contributed by atoms with E-state index in [1.165, 1.54) is 27.5 Å². The van der Waals surface area contributed by atoms with Crippen LogP contribution in [0, 0.1) is 5.41 Å². The molecule has 1 atom stereocenters. The summed E-state index contributed by atoms with van der Waals surface area (Å²) in [5, 5.41) is 2.45. The van der Waals surface area contributed by atoms with Gasteiger partial charge in [0, 0.05) is 11.3 Å². The Balaban J connectivity index is 2.44. The molecule has 0 fully saturated rings. The highest BCUT2D eigenvalue weighted by atomic mass is 14.7. The molecule has 0 heterocycles. The highest BCUT2D eigenvalue weighted by molar-refractivity contribution is 6.01. The van der Waals surface area contributed by atoms with Crippen LogP contribution in [-0.2, 0) is 5.41 Å². The summed E-state index contributed by atoms with van der Waals surface area (Å²) in [5.74, 6) is 0. The number of nitrogens with two attached hydrogens (primary N) is 2. The minimum Gasteiger partial charge on any atom is -0.398 e. The van der Waals surface area contributed by atoms with Gasteiger partial charge in [-0.2, -0.15) is 0 Å². The molecule has 1 aliphatic carbocycles. The molecule has 1 aliphatic rings. The first-order valence-electron chi connectivity index (χ1n) is 8.35. The van der Waals surface area contributed by atoms with Crippen molar-refractivity contribution >= 4 is 22.5 Å². The van der Waals surface area contributed by atoms with Crippen LogP contribution in [0.2, 0.25) is 0 Å². The van der Waals surface area contributed by atoms with Crippen LogP contribution in [0.25, 0.3) is 16.8 Å². The fourth-order valence-electron chi connectivity index (χ4n) is 3.66. The van der Waals surface area contributed by atoms with Gasteiger partial charge in [0.25, 0.3) is 0 Å². The fourth-order valence-corrected chi connectivity index (χ4v) is 3.66. The molecular weight excluding hydrogens is 280 g/mol. The van der Waals surface area contributed by atoms with Gasteiger partial charge in [-0.15, -0.1) is 0 Å². The largest absolute Gasteiger partial charge is 0.398 e. The third-order valence-corrected chi connectivity index (χ3v) is 4.92. The first kappa shape index (κ1) is 16.1. The van der Waals surface area contributed by atoms with Crippen molar-refractivity contribution in [3.8, 4) is 0 Å². The lowest BCUT2D eigenvalue weighted by molar-refractivity contribution is 0.469. The summed E-state index contributed by atoms with van der Waals surface area (Å²) >= 11 is 0. The zero-order valence-electron chi connectivity index (χ0n) is 15.1. The van der Waals surface area contributed by atoms with Gasteiger partial charge in [-0.05, 0) is 44.4 Å².